The molecule has 0 saturated carbocycles. The lowest BCUT2D eigenvalue weighted by atomic mass is 10.2. The van der Waals surface area contributed by atoms with Gasteiger partial charge in [0.25, 0.3) is 0 Å². The Balaban J connectivity index is 2.71. The summed E-state index contributed by atoms with van der Waals surface area (Å²) < 4.78 is 0. The lowest BCUT2D eigenvalue weighted by Crippen LogP contribution is -1.96. The summed E-state index contributed by atoms with van der Waals surface area (Å²) in [6.45, 7) is 0. The minimum atomic E-state index is -0.887. The molecule has 9 heavy (non-hydrogen) atoms. The van der Waals surface area contributed by atoms with Crippen molar-refractivity contribution < 1.29 is 9.90 Å². The Hall–Kier alpha value is -0.760. The second-order valence-corrected chi connectivity index (χ2v) is 2.20. The molecule has 0 bridgehead atoms. The van der Waals surface area contributed by atoms with Crippen molar-refractivity contribution in [1.82, 2.24) is 0 Å². The normalized spacial score (nSPS) is 17.0. The predicted molar refractivity (Wildman–Crippen MR) is 34.3 cm³/mol. The maximum Gasteiger partial charge on any atom is 0.331 e. The average Bonchev–Trinajstić information content (AvgIpc) is 2.14. The molecule has 1 aliphatic rings. The average molecular weight is 145 g/mol. The van der Waals surface area contributed by atoms with E-state index >= 15 is 0 Å². The van der Waals surface area contributed by atoms with Crippen molar-refractivity contribution in [3.8, 4) is 0 Å². The number of rotatable bonds is 1. The molecule has 0 fully saturated rings. The molecule has 3 heteroatoms. The second-order valence-electron chi connectivity index (χ2n) is 1.77. The molecular formula is C6H5ClO2. The van der Waals surface area contributed by atoms with Gasteiger partial charge in [-0.1, -0.05) is 17.7 Å². The van der Waals surface area contributed by atoms with Crippen molar-refractivity contribution in [2.45, 2.75) is 6.42 Å². The fourth-order valence-corrected chi connectivity index (χ4v) is 0.850. The number of hydrogen-bond donors (Lipinski definition) is 1. The largest absolute Gasteiger partial charge is 0.478 e. The van der Waals surface area contributed by atoms with Gasteiger partial charge in [-0.25, -0.2) is 4.79 Å². The van der Waals surface area contributed by atoms with Gasteiger partial charge in [0.2, 0.25) is 0 Å². The topological polar surface area (TPSA) is 37.3 Å². The summed E-state index contributed by atoms with van der Waals surface area (Å²) in [6.07, 6.45) is 3.59. The molecule has 0 aliphatic heterocycles. The summed E-state index contributed by atoms with van der Waals surface area (Å²) in [5, 5.41) is 8.89. The summed E-state index contributed by atoms with van der Waals surface area (Å²) in [4.78, 5) is 10.2. The maximum atomic E-state index is 10.2. The van der Waals surface area contributed by atoms with Crippen molar-refractivity contribution in [1.29, 1.82) is 0 Å². The lowest BCUT2D eigenvalue weighted by molar-refractivity contribution is -0.132. The van der Waals surface area contributed by atoms with Gasteiger partial charge in [0.05, 0.1) is 0 Å². The fourth-order valence-electron chi connectivity index (χ4n) is 0.641. The first kappa shape index (κ1) is 6.36. The van der Waals surface area contributed by atoms with Crippen LogP contribution >= 0.6 is 11.6 Å². The monoisotopic (exact) mass is 144 g/mol. The van der Waals surface area contributed by atoms with Gasteiger partial charge in [-0.3, -0.25) is 0 Å². The Morgan fingerprint density at radius 1 is 1.78 bits per heavy atom. The third kappa shape index (κ3) is 1.33. The number of allylic oxidation sites excluding steroid dienone is 3. The smallest absolute Gasteiger partial charge is 0.331 e. The van der Waals surface area contributed by atoms with E-state index in [1.54, 1.807) is 6.08 Å². The Kier molecular flexibility index (Phi) is 1.58. The molecule has 48 valence electrons. The molecule has 1 N–H and O–H groups in total. The Labute approximate surface area is 57.4 Å². The van der Waals surface area contributed by atoms with E-state index in [4.69, 9.17) is 16.7 Å². The van der Waals surface area contributed by atoms with Gasteiger partial charge < -0.3 is 5.11 Å². The van der Waals surface area contributed by atoms with Crippen LogP contribution in [0.4, 0.5) is 0 Å². The third-order valence-electron chi connectivity index (χ3n) is 1.10. The van der Waals surface area contributed by atoms with Crippen molar-refractivity contribution in [2.24, 2.45) is 0 Å². The summed E-state index contributed by atoms with van der Waals surface area (Å²) in [7, 11) is 0. The van der Waals surface area contributed by atoms with Crippen LogP contribution < -0.4 is 0 Å². The highest BCUT2D eigenvalue weighted by Crippen LogP contribution is 2.19. The molecule has 0 aromatic heterocycles. The van der Waals surface area contributed by atoms with E-state index in [1.165, 1.54) is 6.08 Å². The zero-order valence-corrected chi connectivity index (χ0v) is 5.35. The van der Waals surface area contributed by atoms with Crippen LogP contribution in [-0.2, 0) is 4.79 Å². The van der Waals surface area contributed by atoms with E-state index in [9.17, 15) is 4.79 Å². The highest BCUT2D eigenvalue weighted by molar-refractivity contribution is 6.32. The first-order chi connectivity index (χ1) is 4.20. The molecule has 0 spiro atoms. The second kappa shape index (κ2) is 2.23. The number of hydrogen-bond acceptors (Lipinski definition) is 1. The Morgan fingerprint density at radius 2 is 2.44 bits per heavy atom. The van der Waals surface area contributed by atoms with Crippen LogP contribution in [0.1, 0.15) is 6.42 Å². The molecule has 0 aromatic carbocycles. The molecule has 2 nitrogen and oxygen atoms in total. The van der Waals surface area contributed by atoms with Crippen LogP contribution in [0.3, 0.4) is 0 Å². The quantitative estimate of drug-likeness (QED) is 0.606. The van der Waals surface area contributed by atoms with Crippen LogP contribution in [0.15, 0.2) is 22.8 Å². The highest BCUT2D eigenvalue weighted by atomic mass is 35.5. The van der Waals surface area contributed by atoms with Gasteiger partial charge in [-0.2, -0.15) is 0 Å². The fraction of sp³-hybridized carbons (Fsp3) is 0.167. The standard InChI is InChI=1S/C6H5ClO2/c7-5-2-1-4(3-5)6(8)9/h2-3H,1H2,(H,8,9). The lowest BCUT2D eigenvalue weighted by Gasteiger charge is -1.87. The molecule has 0 radical (unpaired) electrons. The van der Waals surface area contributed by atoms with Crippen LogP contribution in [0.2, 0.25) is 0 Å². The molecule has 0 heterocycles. The zero-order valence-electron chi connectivity index (χ0n) is 4.60. The van der Waals surface area contributed by atoms with Gasteiger partial charge in [0, 0.05) is 10.6 Å². The summed E-state index contributed by atoms with van der Waals surface area (Å²) in [5.41, 5.74) is 0.361. The molecule has 0 unspecified atom stereocenters. The molecule has 0 aromatic rings. The number of aliphatic carboxylic acids is 1. The maximum absolute atomic E-state index is 10.2. The van der Waals surface area contributed by atoms with E-state index < -0.39 is 5.97 Å². The van der Waals surface area contributed by atoms with Crippen molar-refractivity contribution in [3.63, 3.8) is 0 Å². The van der Waals surface area contributed by atoms with Crippen LogP contribution in [-0.4, -0.2) is 11.1 Å². The number of halogens is 1. The Bertz CT molecular complexity index is 203. The minimum Gasteiger partial charge on any atom is -0.478 e. The van der Waals surface area contributed by atoms with Gasteiger partial charge in [0.15, 0.2) is 0 Å². The van der Waals surface area contributed by atoms with E-state index in [2.05, 4.69) is 0 Å². The van der Waals surface area contributed by atoms with Gasteiger partial charge >= 0.3 is 5.97 Å². The first-order valence-corrected chi connectivity index (χ1v) is 2.87. The Morgan fingerprint density at radius 3 is 2.67 bits per heavy atom. The summed E-state index contributed by atoms with van der Waals surface area (Å²) >= 11 is 5.47. The SMILES string of the molecule is O=C(O)C1=CC(Cl)=CC1. The molecular weight excluding hydrogens is 140 g/mol. The van der Waals surface area contributed by atoms with Crippen LogP contribution in [0, 0.1) is 0 Å². The minimum absolute atomic E-state index is 0.361. The van der Waals surface area contributed by atoms with E-state index in [1.807, 2.05) is 0 Å². The summed E-state index contributed by atoms with van der Waals surface area (Å²) in [5.74, 6) is -0.887. The molecule has 0 amide bonds. The summed E-state index contributed by atoms with van der Waals surface area (Å²) in [6, 6.07) is 0. The van der Waals surface area contributed by atoms with Gasteiger partial charge in [0.1, 0.15) is 0 Å². The van der Waals surface area contributed by atoms with Crippen molar-refractivity contribution in [3.05, 3.63) is 22.8 Å². The van der Waals surface area contributed by atoms with Gasteiger partial charge in [-0.15, -0.1) is 0 Å². The van der Waals surface area contributed by atoms with Crippen LogP contribution in [0.5, 0.6) is 0 Å². The van der Waals surface area contributed by atoms with E-state index in [-0.39, 0.29) is 0 Å². The third-order valence-corrected chi connectivity index (χ3v) is 1.37. The van der Waals surface area contributed by atoms with E-state index in [0.717, 1.165) is 0 Å². The zero-order chi connectivity index (χ0) is 6.85. The van der Waals surface area contributed by atoms with Crippen molar-refractivity contribution >= 4 is 17.6 Å². The van der Waals surface area contributed by atoms with E-state index in [0.29, 0.717) is 17.0 Å². The molecule has 0 atom stereocenters. The number of carbonyl (C=O) groups is 1. The number of carboxylic acids is 1. The molecule has 0 saturated heterocycles. The van der Waals surface area contributed by atoms with Gasteiger partial charge in [-0.05, 0) is 12.5 Å². The van der Waals surface area contributed by atoms with Crippen LogP contribution in [0.25, 0.3) is 0 Å². The number of carboxylic acid groups (broad SMARTS) is 1. The first-order valence-electron chi connectivity index (χ1n) is 2.49. The highest BCUT2D eigenvalue weighted by Gasteiger charge is 2.10. The predicted octanol–water partition coefficient (Wildman–Crippen LogP) is 1.52. The van der Waals surface area contributed by atoms with Crippen molar-refractivity contribution in [2.75, 3.05) is 0 Å². The molecule has 1 aliphatic carbocycles. The molecule has 1 rings (SSSR count).